The molecule has 3 aromatic heterocycles. The van der Waals surface area contributed by atoms with Crippen LogP contribution in [-0.2, 0) is 13.6 Å². The summed E-state index contributed by atoms with van der Waals surface area (Å²) in [5.74, 6) is 1.31. The summed E-state index contributed by atoms with van der Waals surface area (Å²) < 4.78 is 12.2. The van der Waals surface area contributed by atoms with Gasteiger partial charge in [0, 0.05) is 24.7 Å². The Kier molecular flexibility index (Phi) is 7.46. The summed E-state index contributed by atoms with van der Waals surface area (Å²) in [6, 6.07) is 9.06. The van der Waals surface area contributed by atoms with Crippen LogP contribution < -0.4 is 20.3 Å². The molecule has 8 nitrogen and oxygen atoms in total. The van der Waals surface area contributed by atoms with Gasteiger partial charge in [-0.05, 0) is 37.6 Å². The van der Waals surface area contributed by atoms with Gasteiger partial charge in [0.2, 0.25) is 5.88 Å². The number of nitrogens with zero attached hydrogens (tertiary/aromatic N) is 4. The van der Waals surface area contributed by atoms with Crippen LogP contribution >= 0.6 is 11.6 Å². The molecule has 0 radical (unpaired) electrons. The molecule has 0 unspecified atom stereocenters. The van der Waals surface area contributed by atoms with Crippen molar-refractivity contribution in [3.05, 3.63) is 69.0 Å². The lowest BCUT2D eigenvalue weighted by molar-refractivity contribution is 0.281. The first-order valence-electron chi connectivity index (χ1n) is 9.94. The minimum Gasteiger partial charge on any atom is -0.495 e. The van der Waals surface area contributed by atoms with Crippen LogP contribution in [0.3, 0.4) is 0 Å². The van der Waals surface area contributed by atoms with E-state index in [9.17, 15) is 4.79 Å². The first kappa shape index (κ1) is 22.6. The van der Waals surface area contributed by atoms with E-state index in [0.717, 1.165) is 29.3 Å². The summed E-state index contributed by atoms with van der Waals surface area (Å²) in [5.41, 5.74) is 2.64. The van der Waals surface area contributed by atoms with Gasteiger partial charge in [-0.3, -0.25) is 14.8 Å². The Morgan fingerprint density at radius 1 is 1.26 bits per heavy atom. The van der Waals surface area contributed by atoms with E-state index in [1.807, 2.05) is 25.1 Å². The highest BCUT2D eigenvalue weighted by Crippen LogP contribution is 2.20. The van der Waals surface area contributed by atoms with Crippen molar-refractivity contribution < 1.29 is 9.47 Å². The van der Waals surface area contributed by atoms with E-state index in [1.165, 1.54) is 4.68 Å². The van der Waals surface area contributed by atoms with Crippen molar-refractivity contribution in [1.82, 2.24) is 19.7 Å². The minimum atomic E-state index is -0.242. The number of aryl methyl sites for hydroxylation is 2. The molecule has 0 bridgehead atoms. The van der Waals surface area contributed by atoms with Crippen molar-refractivity contribution in [2.45, 2.75) is 32.7 Å². The van der Waals surface area contributed by atoms with Gasteiger partial charge in [0.25, 0.3) is 5.56 Å². The Bertz CT molecular complexity index is 1090. The van der Waals surface area contributed by atoms with Crippen LogP contribution in [0.4, 0.5) is 5.69 Å². The second-order valence-electron chi connectivity index (χ2n) is 7.21. The van der Waals surface area contributed by atoms with Gasteiger partial charge in [0.1, 0.15) is 11.4 Å². The maximum atomic E-state index is 12.4. The summed E-state index contributed by atoms with van der Waals surface area (Å²) in [6.07, 6.45) is 2.46. The van der Waals surface area contributed by atoms with E-state index in [-0.39, 0.29) is 11.5 Å². The Morgan fingerprint density at radius 3 is 2.74 bits per heavy atom. The van der Waals surface area contributed by atoms with Crippen LogP contribution in [0.2, 0.25) is 5.02 Å². The predicted octanol–water partition coefficient (Wildman–Crippen LogP) is 3.73. The number of nitrogens with one attached hydrogen (secondary N) is 1. The normalized spacial score (nSPS) is 11.8. The van der Waals surface area contributed by atoms with Gasteiger partial charge in [0.15, 0.2) is 0 Å². The van der Waals surface area contributed by atoms with Crippen LogP contribution in [0, 0.1) is 6.92 Å². The average Bonchev–Trinajstić information content (AvgIpc) is 2.77. The second-order valence-corrected chi connectivity index (χ2v) is 7.62. The number of hydrogen-bond acceptors (Lipinski definition) is 7. The average molecular weight is 444 g/mol. The second kappa shape index (κ2) is 10.3. The number of rotatable bonds is 9. The fourth-order valence-corrected chi connectivity index (χ4v) is 3.06. The first-order valence-corrected chi connectivity index (χ1v) is 10.3. The molecular formula is C22H26ClN5O3. The number of anilines is 1. The fourth-order valence-electron chi connectivity index (χ4n) is 2.95. The Labute approximate surface area is 186 Å². The zero-order chi connectivity index (χ0) is 22.4. The molecule has 0 aromatic carbocycles. The van der Waals surface area contributed by atoms with Gasteiger partial charge in [-0.15, -0.1) is 5.10 Å². The van der Waals surface area contributed by atoms with E-state index in [1.54, 1.807) is 32.5 Å². The van der Waals surface area contributed by atoms with Crippen molar-refractivity contribution in [3.63, 3.8) is 0 Å². The van der Waals surface area contributed by atoms with Crippen molar-refractivity contribution in [1.29, 1.82) is 0 Å². The third-order valence-electron chi connectivity index (χ3n) is 4.88. The lowest BCUT2D eigenvalue weighted by atomic mass is 10.0. The zero-order valence-corrected chi connectivity index (χ0v) is 18.8. The fraction of sp³-hybridized carbons (Fsp3) is 0.364. The van der Waals surface area contributed by atoms with Crippen LogP contribution in [0.15, 0.2) is 41.3 Å². The highest BCUT2D eigenvalue weighted by molar-refractivity contribution is 6.31. The Hall–Kier alpha value is -3.13. The molecule has 0 aliphatic carbocycles. The minimum absolute atomic E-state index is 0.204. The molecule has 9 heteroatoms. The smallest absolute Gasteiger partial charge is 0.290 e. The van der Waals surface area contributed by atoms with Crippen LogP contribution in [0.1, 0.15) is 36.3 Å². The first-order chi connectivity index (χ1) is 14.9. The molecular weight excluding hydrogens is 418 g/mol. The standard InChI is InChI=1S/C22H26ClN5O3/c1-14(19-8-6-17(30-4)13-25-19)9-10-31-21-11-20(22(29)28(3)27-21)24-12-16-5-7-18(23)15(2)26-16/h5-8,11,13-14,24H,9-10,12H2,1-4H3/t14-/m1/s1. The monoisotopic (exact) mass is 443 g/mol. The van der Waals surface area contributed by atoms with Crippen molar-refractivity contribution in [2.24, 2.45) is 7.05 Å². The summed E-state index contributed by atoms with van der Waals surface area (Å²) in [4.78, 5) is 21.2. The van der Waals surface area contributed by atoms with Crippen molar-refractivity contribution >= 4 is 17.3 Å². The topological polar surface area (TPSA) is 91.2 Å². The van der Waals surface area contributed by atoms with Gasteiger partial charge in [0.05, 0.1) is 42.9 Å². The molecule has 3 aromatic rings. The molecule has 3 heterocycles. The SMILES string of the molecule is COc1ccc([C@H](C)CCOc2cc(NCc3ccc(Cl)c(C)n3)c(=O)n(C)n2)nc1. The maximum absolute atomic E-state index is 12.4. The third-order valence-corrected chi connectivity index (χ3v) is 5.28. The molecule has 1 atom stereocenters. The predicted molar refractivity (Wildman–Crippen MR) is 120 cm³/mol. The molecule has 3 rings (SSSR count). The molecule has 0 aliphatic rings. The number of ether oxygens (including phenoxy) is 2. The Balaban J connectivity index is 1.60. The third kappa shape index (κ3) is 5.95. The van der Waals surface area contributed by atoms with Gasteiger partial charge in [-0.2, -0.15) is 0 Å². The molecule has 1 N–H and O–H groups in total. The van der Waals surface area contributed by atoms with Gasteiger partial charge < -0.3 is 14.8 Å². The molecule has 0 saturated heterocycles. The van der Waals surface area contributed by atoms with Gasteiger partial charge in [-0.1, -0.05) is 18.5 Å². The summed E-state index contributed by atoms with van der Waals surface area (Å²) in [5, 5.41) is 7.90. The number of methoxy groups -OCH3 is 1. The zero-order valence-electron chi connectivity index (χ0n) is 18.1. The maximum Gasteiger partial charge on any atom is 0.290 e. The summed E-state index contributed by atoms with van der Waals surface area (Å²) >= 11 is 6.02. The molecule has 31 heavy (non-hydrogen) atoms. The molecule has 0 spiro atoms. The molecule has 0 fully saturated rings. The highest BCUT2D eigenvalue weighted by Gasteiger charge is 2.11. The van der Waals surface area contributed by atoms with Crippen molar-refractivity contribution in [3.8, 4) is 11.6 Å². The van der Waals surface area contributed by atoms with Crippen molar-refractivity contribution in [2.75, 3.05) is 19.0 Å². The van der Waals surface area contributed by atoms with Gasteiger partial charge >= 0.3 is 0 Å². The Morgan fingerprint density at radius 2 is 2.06 bits per heavy atom. The van der Waals surface area contributed by atoms with E-state index >= 15 is 0 Å². The van der Waals surface area contributed by atoms with E-state index < -0.39 is 0 Å². The number of aromatic nitrogens is 4. The number of hydrogen-bond donors (Lipinski definition) is 1. The largest absolute Gasteiger partial charge is 0.495 e. The van der Waals surface area contributed by atoms with Crippen LogP contribution in [0.25, 0.3) is 0 Å². The van der Waals surface area contributed by atoms with Crippen LogP contribution in [0.5, 0.6) is 11.6 Å². The highest BCUT2D eigenvalue weighted by atomic mass is 35.5. The summed E-state index contributed by atoms with van der Waals surface area (Å²) in [6.45, 7) is 4.75. The molecule has 0 amide bonds. The lowest BCUT2D eigenvalue weighted by Crippen LogP contribution is -2.24. The van der Waals surface area contributed by atoms with E-state index in [4.69, 9.17) is 21.1 Å². The van der Waals surface area contributed by atoms with E-state index in [2.05, 4.69) is 27.3 Å². The van der Waals surface area contributed by atoms with Gasteiger partial charge in [-0.25, -0.2) is 4.68 Å². The number of pyridine rings is 2. The lowest BCUT2D eigenvalue weighted by Gasteiger charge is -2.13. The number of halogens is 1. The molecule has 0 aliphatic heterocycles. The van der Waals surface area contributed by atoms with Crippen LogP contribution in [-0.4, -0.2) is 33.5 Å². The molecule has 164 valence electrons. The quantitative estimate of drug-likeness (QED) is 0.538. The van der Waals surface area contributed by atoms with E-state index in [0.29, 0.717) is 29.7 Å². The summed E-state index contributed by atoms with van der Waals surface area (Å²) in [7, 11) is 3.21. The molecule has 0 saturated carbocycles.